The van der Waals surface area contributed by atoms with Crippen molar-refractivity contribution >= 4 is 32.6 Å². The van der Waals surface area contributed by atoms with Crippen LogP contribution in [-0.2, 0) is 11.3 Å². The zero-order valence-corrected chi connectivity index (χ0v) is 15.4. The molecule has 2 aromatic heterocycles. The maximum Gasteiger partial charge on any atom is 0.246 e. The number of carbonyl (C=O) groups is 1. The van der Waals surface area contributed by atoms with E-state index >= 15 is 0 Å². The second-order valence-corrected chi connectivity index (χ2v) is 6.98. The van der Waals surface area contributed by atoms with Crippen molar-refractivity contribution in [3.63, 3.8) is 0 Å². The quantitative estimate of drug-likeness (QED) is 0.554. The fourth-order valence-electron chi connectivity index (χ4n) is 2.57. The molecule has 8 heteroatoms. The van der Waals surface area contributed by atoms with Crippen molar-refractivity contribution in [1.82, 2.24) is 20.4 Å². The highest BCUT2D eigenvalue weighted by molar-refractivity contribution is 7.22. The van der Waals surface area contributed by atoms with E-state index < -0.39 is 0 Å². The number of hydrogen-bond donors (Lipinski definition) is 1. The highest BCUT2D eigenvalue weighted by Gasteiger charge is 2.13. The molecule has 0 unspecified atom stereocenters. The summed E-state index contributed by atoms with van der Waals surface area (Å²) in [7, 11) is 1.84. The van der Waals surface area contributed by atoms with E-state index in [1.165, 1.54) is 0 Å². The molecule has 0 radical (unpaired) electrons. The Morgan fingerprint density at radius 3 is 2.70 bits per heavy atom. The lowest BCUT2D eigenvalue weighted by molar-refractivity contribution is -0.120. The number of aromatic nitrogens is 3. The molecule has 2 aromatic carbocycles. The summed E-state index contributed by atoms with van der Waals surface area (Å²) >= 11 is 1.56. The van der Waals surface area contributed by atoms with Crippen molar-refractivity contribution in [3.8, 4) is 11.4 Å². The van der Waals surface area contributed by atoms with Gasteiger partial charge in [0.05, 0.1) is 23.3 Å². The number of benzene rings is 2. The molecule has 0 aliphatic rings. The van der Waals surface area contributed by atoms with E-state index in [1.54, 1.807) is 11.3 Å². The first kappa shape index (κ1) is 17.2. The standard InChI is InChI=1S/C19H17N5O2S/c1-24(19-21-14-9-5-6-10-15(14)27-19)12-16(25)20-11-17-22-18(23-26-17)13-7-3-2-4-8-13/h2-10H,11-12H2,1H3,(H,20,25). The summed E-state index contributed by atoms with van der Waals surface area (Å²) in [6.07, 6.45) is 0. The van der Waals surface area contributed by atoms with Gasteiger partial charge < -0.3 is 14.7 Å². The molecule has 0 aliphatic heterocycles. The molecule has 0 spiro atoms. The van der Waals surface area contributed by atoms with Gasteiger partial charge in [0.25, 0.3) is 0 Å². The molecule has 4 rings (SSSR count). The topological polar surface area (TPSA) is 84.2 Å². The molecule has 0 fully saturated rings. The molecule has 7 nitrogen and oxygen atoms in total. The monoisotopic (exact) mass is 379 g/mol. The van der Waals surface area contributed by atoms with Crippen molar-refractivity contribution in [2.24, 2.45) is 0 Å². The first-order valence-electron chi connectivity index (χ1n) is 8.40. The number of hydrogen-bond acceptors (Lipinski definition) is 7. The Bertz CT molecular complexity index is 1030. The molecule has 1 N–H and O–H groups in total. The lowest BCUT2D eigenvalue weighted by Crippen LogP contribution is -2.34. The third kappa shape index (κ3) is 3.95. The Balaban J connectivity index is 1.33. The van der Waals surface area contributed by atoms with Crippen LogP contribution in [-0.4, -0.2) is 34.6 Å². The average Bonchev–Trinajstić information content (AvgIpc) is 3.34. The van der Waals surface area contributed by atoms with Crippen LogP contribution < -0.4 is 10.2 Å². The molecule has 0 atom stereocenters. The molecule has 136 valence electrons. The van der Waals surface area contributed by atoms with Crippen molar-refractivity contribution in [3.05, 3.63) is 60.5 Å². The van der Waals surface area contributed by atoms with Gasteiger partial charge in [-0.2, -0.15) is 4.98 Å². The summed E-state index contributed by atoms with van der Waals surface area (Å²) < 4.78 is 6.30. The zero-order valence-electron chi connectivity index (χ0n) is 14.6. The number of nitrogens with one attached hydrogen (secondary N) is 1. The van der Waals surface area contributed by atoms with Crippen LogP contribution in [0.3, 0.4) is 0 Å². The molecule has 0 aliphatic carbocycles. The van der Waals surface area contributed by atoms with E-state index in [0.29, 0.717) is 11.7 Å². The largest absolute Gasteiger partial charge is 0.345 e. The van der Waals surface area contributed by atoms with Crippen LogP contribution in [0.2, 0.25) is 0 Å². The number of anilines is 1. The Hall–Kier alpha value is -3.26. The van der Waals surface area contributed by atoms with E-state index in [4.69, 9.17) is 4.52 Å². The molecular formula is C19H17N5O2S. The fraction of sp³-hybridized carbons (Fsp3) is 0.158. The maximum atomic E-state index is 12.2. The fourth-order valence-corrected chi connectivity index (χ4v) is 3.49. The first-order valence-corrected chi connectivity index (χ1v) is 9.22. The van der Waals surface area contributed by atoms with Gasteiger partial charge >= 0.3 is 0 Å². The SMILES string of the molecule is CN(CC(=O)NCc1nc(-c2ccccc2)no1)c1nc2ccccc2s1. The number of rotatable bonds is 6. The third-order valence-corrected chi connectivity index (χ3v) is 5.08. The van der Waals surface area contributed by atoms with Crippen molar-refractivity contribution < 1.29 is 9.32 Å². The summed E-state index contributed by atoms with van der Waals surface area (Å²) in [4.78, 5) is 22.9. The molecule has 1 amide bonds. The molecule has 0 bridgehead atoms. The zero-order chi connectivity index (χ0) is 18.6. The normalized spacial score (nSPS) is 10.9. The number of fused-ring (bicyclic) bond motifs is 1. The Morgan fingerprint density at radius 2 is 1.89 bits per heavy atom. The van der Waals surface area contributed by atoms with Crippen LogP contribution in [0.15, 0.2) is 59.1 Å². The molecule has 0 saturated carbocycles. The van der Waals surface area contributed by atoms with Crippen LogP contribution in [0.4, 0.5) is 5.13 Å². The van der Waals surface area contributed by atoms with E-state index in [0.717, 1.165) is 20.9 Å². The van der Waals surface area contributed by atoms with Crippen molar-refractivity contribution in [2.75, 3.05) is 18.5 Å². The van der Waals surface area contributed by atoms with Crippen LogP contribution >= 0.6 is 11.3 Å². The van der Waals surface area contributed by atoms with Gasteiger partial charge in [-0.05, 0) is 12.1 Å². The van der Waals surface area contributed by atoms with E-state index in [-0.39, 0.29) is 19.0 Å². The number of amides is 1. The number of thiazole rings is 1. The summed E-state index contributed by atoms with van der Waals surface area (Å²) in [5.74, 6) is 0.729. The molecular weight excluding hydrogens is 362 g/mol. The second kappa shape index (κ2) is 7.55. The van der Waals surface area contributed by atoms with E-state index in [2.05, 4.69) is 20.4 Å². The van der Waals surface area contributed by atoms with Gasteiger partial charge in [-0.15, -0.1) is 0 Å². The highest BCUT2D eigenvalue weighted by atomic mass is 32.1. The van der Waals surface area contributed by atoms with Gasteiger partial charge in [0.15, 0.2) is 5.13 Å². The second-order valence-electron chi connectivity index (χ2n) is 5.97. The smallest absolute Gasteiger partial charge is 0.246 e. The predicted octanol–water partition coefficient (Wildman–Crippen LogP) is 3.10. The van der Waals surface area contributed by atoms with Crippen LogP contribution in [0.25, 0.3) is 21.6 Å². The number of carbonyl (C=O) groups excluding carboxylic acids is 1. The number of para-hydroxylation sites is 1. The molecule has 2 heterocycles. The Kier molecular flexibility index (Phi) is 4.80. The van der Waals surface area contributed by atoms with Gasteiger partial charge in [-0.25, -0.2) is 4.98 Å². The summed E-state index contributed by atoms with van der Waals surface area (Å²) in [5.41, 5.74) is 1.80. The Morgan fingerprint density at radius 1 is 1.11 bits per heavy atom. The third-order valence-electron chi connectivity index (χ3n) is 3.93. The minimum Gasteiger partial charge on any atom is -0.345 e. The first-order chi connectivity index (χ1) is 13.2. The van der Waals surface area contributed by atoms with Crippen LogP contribution in [0, 0.1) is 0 Å². The Labute approximate surface area is 159 Å². The van der Waals surface area contributed by atoms with E-state index in [9.17, 15) is 4.79 Å². The average molecular weight is 379 g/mol. The number of nitrogens with zero attached hydrogens (tertiary/aromatic N) is 4. The van der Waals surface area contributed by atoms with Crippen LogP contribution in [0.1, 0.15) is 5.89 Å². The van der Waals surface area contributed by atoms with Crippen molar-refractivity contribution in [1.29, 1.82) is 0 Å². The van der Waals surface area contributed by atoms with Gasteiger partial charge in [-0.1, -0.05) is 59.0 Å². The van der Waals surface area contributed by atoms with Gasteiger partial charge in [0.2, 0.25) is 17.6 Å². The van der Waals surface area contributed by atoms with Gasteiger partial charge in [0.1, 0.15) is 0 Å². The predicted molar refractivity (Wildman–Crippen MR) is 104 cm³/mol. The highest BCUT2D eigenvalue weighted by Crippen LogP contribution is 2.27. The van der Waals surface area contributed by atoms with Gasteiger partial charge in [0, 0.05) is 12.6 Å². The van der Waals surface area contributed by atoms with E-state index in [1.807, 2.05) is 66.5 Å². The molecule has 0 saturated heterocycles. The van der Waals surface area contributed by atoms with Crippen molar-refractivity contribution in [2.45, 2.75) is 6.54 Å². The molecule has 27 heavy (non-hydrogen) atoms. The lowest BCUT2D eigenvalue weighted by Gasteiger charge is -2.14. The minimum atomic E-state index is -0.142. The summed E-state index contributed by atoms with van der Waals surface area (Å²) in [6, 6.07) is 17.5. The summed E-state index contributed by atoms with van der Waals surface area (Å²) in [6.45, 7) is 0.381. The van der Waals surface area contributed by atoms with Gasteiger partial charge in [-0.3, -0.25) is 4.79 Å². The summed E-state index contributed by atoms with van der Waals surface area (Å²) in [5, 5.41) is 7.54. The molecule has 4 aromatic rings. The lowest BCUT2D eigenvalue weighted by atomic mass is 10.2. The minimum absolute atomic E-state index is 0.142. The maximum absolute atomic E-state index is 12.2. The van der Waals surface area contributed by atoms with Crippen LogP contribution in [0.5, 0.6) is 0 Å². The number of likely N-dealkylation sites (N-methyl/N-ethyl adjacent to an activating group) is 1.